The molecule has 0 aliphatic heterocycles. The molecule has 4 atom stereocenters. The van der Waals surface area contributed by atoms with E-state index in [1.54, 1.807) is 0 Å². The molecule has 21 heavy (non-hydrogen) atoms. The number of fused-ring (bicyclic) bond motifs is 2. The van der Waals surface area contributed by atoms with Gasteiger partial charge in [-0.25, -0.2) is 4.68 Å². The van der Waals surface area contributed by atoms with Gasteiger partial charge in [-0.1, -0.05) is 25.5 Å². The first-order chi connectivity index (χ1) is 10.3. The predicted molar refractivity (Wildman–Crippen MR) is 84.9 cm³/mol. The molecule has 3 rings (SSSR count). The van der Waals surface area contributed by atoms with Crippen LogP contribution in [0.2, 0.25) is 0 Å². The van der Waals surface area contributed by atoms with Gasteiger partial charge in [-0.05, 0) is 62.8 Å². The average Bonchev–Trinajstić information content (AvgIpc) is 3.20. The van der Waals surface area contributed by atoms with Crippen molar-refractivity contribution in [2.24, 2.45) is 17.8 Å². The summed E-state index contributed by atoms with van der Waals surface area (Å²) in [6.07, 6.45) is 11.5. The Hall–Kier alpha value is -0.900. The van der Waals surface area contributed by atoms with Gasteiger partial charge in [-0.3, -0.25) is 0 Å². The summed E-state index contributed by atoms with van der Waals surface area (Å²) >= 11 is 0. The number of nitrogens with one attached hydrogen (secondary N) is 1. The first-order valence-electron chi connectivity index (χ1n) is 8.93. The molecule has 0 radical (unpaired) electrons. The summed E-state index contributed by atoms with van der Waals surface area (Å²) in [4.78, 5) is 0. The predicted octanol–water partition coefficient (Wildman–Crippen LogP) is 3.56. The molecule has 1 heterocycles. The van der Waals surface area contributed by atoms with Gasteiger partial charge >= 0.3 is 0 Å². The highest BCUT2D eigenvalue weighted by Crippen LogP contribution is 2.50. The summed E-state index contributed by atoms with van der Waals surface area (Å²) in [5.74, 6) is 2.95. The fourth-order valence-electron chi connectivity index (χ4n) is 4.52. The Kier molecular flexibility index (Phi) is 4.94. The molecule has 1 aromatic rings. The topological polar surface area (TPSA) is 42.7 Å². The summed E-state index contributed by atoms with van der Waals surface area (Å²) < 4.78 is 2.11. The first-order valence-corrected chi connectivity index (χ1v) is 8.93. The molecule has 2 aliphatic carbocycles. The van der Waals surface area contributed by atoms with E-state index in [2.05, 4.69) is 34.2 Å². The van der Waals surface area contributed by atoms with Crippen LogP contribution in [-0.2, 0) is 6.54 Å². The Morgan fingerprint density at radius 2 is 2.19 bits per heavy atom. The Morgan fingerprint density at radius 1 is 1.29 bits per heavy atom. The van der Waals surface area contributed by atoms with Crippen molar-refractivity contribution in [2.75, 3.05) is 6.54 Å². The number of aromatic nitrogens is 3. The van der Waals surface area contributed by atoms with E-state index in [-0.39, 0.29) is 0 Å². The van der Waals surface area contributed by atoms with Crippen molar-refractivity contribution in [3.8, 4) is 0 Å². The summed E-state index contributed by atoms with van der Waals surface area (Å²) in [5, 5.41) is 12.2. The highest BCUT2D eigenvalue weighted by Gasteiger charge is 2.40. The highest BCUT2D eigenvalue weighted by atomic mass is 15.4. The third kappa shape index (κ3) is 3.31. The smallest absolute Gasteiger partial charge is 0.0756 e. The lowest BCUT2D eigenvalue weighted by Gasteiger charge is -2.27. The van der Waals surface area contributed by atoms with E-state index in [1.807, 2.05) is 6.20 Å². The molecule has 0 spiro atoms. The van der Waals surface area contributed by atoms with Gasteiger partial charge in [-0.2, -0.15) is 0 Å². The lowest BCUT2D eigenvalue weighted by Crippen LogP contribution is -2.28. The molecule has 0 aromatic carbocycles. The second kappa shape index (κ2) is 6.91. The van der Waals surface area contributed by atoms with Gasteiger partial charge in [-0.15, -0.1) is 5.10 Å². The maximum Gasteiger partial charge on any atom is 0.0756 e. The van der Waals surface area contributed by atoms with E-state index in [9.17, 15) is 0 Å². The minimum absolute atomic E-state index is 0.441. The zero-order valence-electron chi connectivity index (χ0n) is 13.6. The SMILES string of the molecule is CCCNC(CC1CC2CCC1C2)c1cnnn1CCC. The van der Waals surface area contributed by atoms with Crippen LogP contribution in [0.3, 0.4) is 0 Å². The largest absolute Gasteiger partial charge is 0.309 e. The van der Waals surface area contributed by atoms with Crippen LogP contribution in [0, 0.1) is 17.8 Å². The molecular weight excluding hydrogens is 260 g/mol. The summed E-state index contributed by atoms with van der Waals surface area (Å²) in [5.41, 5.74) is 1.30. The molecule has 0 amide bonds. The van der Waals surface area contributed by atoms with Crippen LogP contribution < -0.4 is 5.32 Å². The fraction of sp³-hybridized carbons (Fsp3) is 0.882. The van der Waals surface area contributed by atoms with E-state index in [1.165, 1.54) is 44.2 Å². The van der Waals surface area contributed by atoms with Crippen LogP contribution in [0.4, 0.5) is 0 Å². The summed E-state index contributed by atoms with van der Waals surface area (Å²) in [6, 6.07) is 0.441. The van der Waals surface area contributed by atoms with Gasteiger partial charge in [0.25, 0.3) is 0 Å². The third-order valence-electron chi connectivity index (χ3n) is 5.50. The van der Waals surface area contributed by atoms with E-state index < -0.39 is 0 Å². The van der Waals surface area contributed by atoms with Gasteiger partial charge in [0.15, 0.2) is 0 Å². The molecule has 1 N–H and O–H groups in total. The van der Waals surface area contributed by atoms with Crippen molar-refractivity contribution in [1.29, 1.82) is 0 Å². The van der Waals surface area contributed by atoms with Crippen molar-refractivity contribution in [2.45, 2.75) is 71.4 Å². The van der Waals surface area contributed by atoms with Gasteiger partial charge in [0.05, 0.1) is 17.9 Å². The third-order valence-corrected chi connectivity index (χ3v) is 5.50. The molecule has 4 heteroatoms. The minimum Gasteiger partial charge on any atom is -0.309 e. The molecule has 118 valence electrons. The molecule has 4 unspecified atom stereocenters. The summed E-state index contributed by atoms with van der Waals surface area (Å²) in [7, 11) is 0. The zero-order chi connectivity index (χ0) is 14.7. The van der Waals surface area contributed by atoms with Crippen molar-refractivity contribution in [3.63, 3.8) is 0 Å². The van der Waals surface area contributed by atoms with Crippen molar-refractivity contribution >= 4 is 0 Å². The maximum atomic E-state index is 4.28. The number of hydrogen-bond donors (Lipinski definition) is 1. The van der Waals surface area contributed by atoms with Gasteiger partial charge < -0.3 is 5.32 Å². The number of nitrogens with zero attached hydrogens (tertiary/aromatic N) is 3. The van der Waals surface area contributed by atoms with E-state index in [4.69, 9.17) is 0 Å². The van der Waals surface area contributed by atoms with Crippen molar-refractivity contribution < 1.29 is 0 Å². The maximum absolute atomic E-state index is 4.28. The average molecular weight is 290 g/mol. The van der Waals surface area contributed by atoms with Crippen LogP contribution >= 0.6 is 0 Å². The Labute approximate surface area is 128 Å². The van der Waals surface area contributed by atoms with Crippen LogP contribution in [0.15, 0.2) is 6.20 Å². The Morgan fingerprint density at radius 3 is 2.86 bits per heavy atom. The number of rotatable bonds is 8. The molecule has 2 bridgehead atoms. The van der Waals surface area contributed by atoms with E-state index in [0.29, 0.717) is 6.04 Å². The number of hydrogen-bond acceptors (Lipinski definition) is 3. The van der Waals surface area contributed by atoms with E-state index in [0.717, 1.165) is 37.3 Å². The normalized spacial score (nSPS) is 29.1. The second-order valence-corrected chi connectivity index (χ2v) is 7.06. The molecule has 2 saturated carbocycles. The van der Waals surface area contributed by atoms with Crippen LogP contribution in [-0.4, -0.2) is 21.5 Å². The van der Waals surface area contributed by atoms with Crippen molar-refractivity contribution in [1.82, 2.24) is 20.3 Å². The molecule has 1 aromatic heterocycles. The molecule has 0 saturated heterocycles. The fourth-order valence-corrected chi connectivity index (χ4v) is 4.52. The molecule has 4 nitrogen and oxygen atoms in total. The standard InChI is InChI=1S/C17H30N4/c1-3-7-18-16(17-12-19-20-21(17)8-4-2)11-15-10-13-5-6-14(15)9-13/h12-16,18H,3-11H2,1-2H3. The van der Waals surface area contributed by atoms with E-state index >= 15 is 0 Å². The zero-order valence-corrected chi connectivity index (χ0v) is 13.6. The van der Waals surface area contributed by atoms with Gasteiger partial charge in [0, 0.05) is 6.54 Å². The second-order valence-electron chi connectivity index (χ2n) is 7.06. The van der Waals surface area contributed by atoms with Crippen molar-refractivity contribution in [3.05, 3.63) is 11.9 Å². The van der Waals surface area contributed by atoms with Gasteiger partial charge in [0.1, 0.15) is 0 Å². The first kappa shape index (κ1) is 15.0. The lowest BCUT2D eigenvalue weighted by molar-refractivity contribution is 0.273. The highest BCUT2D eigenvalue weighted by molar-refractivity contribution is 5.04. The monoisotopic (exact) mass is 290 g/mol. The quantitative estimate of drug-likeness (QED) is 0.796. The van der Waals surface area contributed by atoms with Gasteiger partial charge in [0.2, 0.25) is 0 Å². The Balaban J connectivity index is 1.69. The Bertz CT molecular complexity index is 442. The molecule has 2 aliphatic rings. The van der Waals surface area contributed by atoms with Crippen LogP contribution in [0.5, 0.6) is 0 Å². The molecular formula is C17H30N4. The lowest BCUT2D eigenvalue weighted by atomic mass is 9.83. The van der Waals surface area contributed by atoms with Crippen LogP contribution in [0.1, 0.15) is 70.5 Å². The number of aryl methyl sites for hydroxylation is 1. The minimum atomic E-state index is 0.441. The molecule has 2 fully saturated rings. The summed E-state index contributed by atoms with van der Waals surface area (Å²) in [6.45, 7) is 6.51. The van der Waals surface area contributed by atoms with Crippen LogP contribution in [0.25, 0.3) is 0 Å².